The maximum atomic E-state index is 11.5. The predicted octanol–water partition coefficient (Wildman–Crippen LogP) is 0.459. The van der Waals surface area contributed by atoms with Crippen LogP contribution in [0.2, 0.25) is 0 Å². The molecular formula is C10H14N6OS. The summed E-state index contributed by atoms with van der Waals surface area (Å²) in [4.78, 5) is 26.8. The van der Waals surface area contributed by atoms with Crippen LogP contribution in [0.3, 0.4) is 0 Å². The average Bonchev–Trinajstić information content (AvgIpc) is 2.86. The van der Waals surface area contributed by atoms with Crippen molar-refractivity contribution in [2.45, 2.75) is 24.1 Å². The molecule has 8 heteroatoms. The minimum absolute atomic E-state index is 0.0370. The van der Waals surface area contributed by atoms with E-state index in [-0.39, 0.29) is 17.1 Å². The van der Waals surface area contributed by atoms with Gasteiger partial charge in [0.05, 0.1) is 6.33 Å². The first-order chi connectivity index (χ1) is 8.63. The summed E-state index contributed by atoms with van der Waals surface area (Å²) < 4.78 is 0. The first-order valence-corrected chi connectivity index (χ1v) is 6.32. The molecule has 4 N–H and O–H groups in total. The molecule has 2 aromatic heterocycles. The Labute approximate surface area is 108 Å². The number of imidazole rings is 1. The Morgan fingerprint density at radius 2 is 2.22 bits per heavy atom. The standard InChI is InChI=1S/C10H14N6OS/c1-5(9(17)16-11)6(2)18-10-7-8(13-3-12-7)14-4-15-10/h3-6H,11H2,1-2H3,(H,16,17)(H,12,13,14,15). The van der Waals surface area contributed by atoms with Crippen LogP contribution < -0.4 is 11.3 Å². The molecule has 0 bridgehead atoms. The van der Waals surface area contributed by atoms with E-state index in [1.54, 1.807) is 6.33 Å². The minimum Gasteiger partial charge on any atom is -0.341 e. The number of H-pyrrole nitrogens is 1. The van der Waals surface area contributed by atoms with E-state index in [2.05, 4.69) is 25.4 Å². The van der Waals surface area contributed by atoms with Crippen molar-refractivity contribution in [2.75, 3.05) is 0 Å². The number of aromatic nitrogens is 4. The number of aromatic amines is 1. The first-order valence-electron chi connectivity index (χ1n) is 5.44. The number of fused-ring (bicyclic) bond motifs is 1. The van der Waals surface area contributed by atoms with Gasteiger partial charge in [0.25, 0.3) is 0 Å². The number of hydrazine groups is 1. The number of carbonyl (C=O) groups is 1. The SMILES string of the molecule is CC(Sc1ncnc2nc[nH]c12)C(C)C(=O)NN. The molecule has 0 spiro atoms. The summed E-state index contributed by atoms with van der Waals surface area (Å²) >= 11 is 1.49. The Hall–Kier alpha value is -1.67. The van der Waals surface area contributed by atoms with Gasteiger partial charge in [-0.2, -0.15) is 0 Å². The van der Waals surface area contributed by atoms with Crippen LogP contribution in [-0.4, -0.2) is 31.1 Å². The Balaban J connectivity index is 2.18. The number of hydrogen-bond donors (Lipinski definition) is 3. The molecule has 2 atom stereocenters. The summed E-state index contributed by atoms with van der Waals surface area (Å²) in [5, 5.41) is 0.816. The second-order valence-electron chi connectivity index (χ2n) is 3.90. The Bertz CT molecular complexity index is 556. The lowest BCUT2D eigenvalue weighted by Crippen LogP contribution is -2.38. The molecule has 2 aromatic rings. The van der Waals surface area contributed by atoms with E-state index >= 15 is 0 Å². The highest BCUT2D eigenvalue weighted by Gasteiger charge is 2.22. The van der Waals surface area contributed by atoms with Crippen molar-refractivity contribution < 1.29 is 4.79 Å². The summed E-state index contributed by atoms with van der Waals surface area (Å²) in [5.74, 6) is 4.72. The van der Waals surface area contributed by atoms with Crippen LogP contribution in [0.25, 0.3) is 11.2 Å². The van der Waals surface area contributed by atoms with Gasteiger partial charge in [0, 0.05) is 11.2 Å². The molecule has 2 heterocycles. The van der Waals surface area contributed by atoms with Crippen LogP contribution in [0, 0.1) is 5.92 Å². The minimum atomic E-state index is -0.215. The molecule has 18 heavy (non-hydrogen) atoms. The molecule has 0 saturated carbocycles. The third-order valence-corrected chi connectivity index (χ3v) is 4.06. The topological polar surface area (TPSA) is 110 Å². The fraction of sp³-hybridized carbons (Fsp3) is 0.400. The third-order valence-electron chi connectivity index (χ3n) is 2.75. The third kappa shape index (κ3) is 2.44. The molecule has 0 saturated heterocycles. The van der Waals surface area contributed by atoms with Gasteiger partial charge in [-0.05, 0) is 0 Å². The van der Waals surface area contributed by atoms with Crippen LogP contribution >= 0.6 is 11.8 Å². The molecule has 1 amide bonds. The van der Waals surface area contributed by atoms with E-state index in [9.17, 15) is 4.79 Å². The second-order valence-corrected chi connectivity index (χ2v) is 5.27. The van der Waals surface area contributed by atoms with Crippen LogP contribution in [0.5, 0.6) is 0 Å². The summed E-state index contributed by atoms with van der Waals surface area (Å²) in [6.45, 7) is 3.78. The zero-order valence-corrected chi connectivity index (χ0v) is 10.9. The fourth-order valence-electron chi connectivity index (χ4n) is 1.45. The lowest BCUT2D eigenvalue weighted by atomic mass is 10.1. The van der Waals surface area contributed by atoms with Crippen molar-refractivity contribution in [1.29, 1.82) is 0 Å². The largest absolute Gasteiger partial charge is 0.341 e. The molecule has 7 nitrogen and oxygen atoms in total. The number of nitrogens with one attached hydrogen (secondary N) is 2. The van der Waals surface area contributed by atoms with Gasteiger partial charge in [0.1, 0.15) is 16.9 Å². The van der Waals surface area contributed by atoms with E-state index in [1.807, 2.05) is 13.8 Å². The van der Waals surface area contributed by atoms with Crippen molar-refractivity contribution >= 4 is 28.8 Å². The fourth-order valence-corrected chi connectivity index (χ4v) is 2.51. The van der Waals surface area contributed by atoms with Crippen LogP contribution in [-0.2, 0) is 4.79 Å². The van der Waals surface area contributed by atoms with Gasteiger partial charge < -0.3 is 4.98 Å². The zero-order chi connectivity index (χ0) is 13.1. The molecule has 0 aliphatic carbocycles. The van der Waals surface area contributed by atoms with Gasteiger partial charge in [0.15, 0.2) is 5.65 Å². The van der Waals surface area contributed by atoms with Gasteiger partial charge in [-0.3, -0.25) is 10.2 Å². The zero-order valence-electron chi connectivity index (χ0n) is 10.0. The van der Waals surface area contributed by atoms with Crippen LogP contribution in [0.15, 0.2) is 17.7 Å². The van der Waals surface area contributed by atoms with Crippen molar-refractivity contribution in [3.8, 4) is 0 Å². The number of amides is 1. The van der Waals surface area contributed by atoms with E-state index in [0.717, 1.165) is 10.5 Å². The van der Waals surface area contributed by atoms with Crippen molar-refractivity contribution in [3.63, 3.8) is 0 Å². The van der Waals surface area contributed by atoms with Crippen LogP contribution in [0.1, 0.15) is 13.8 Å². The van der Waals surface area contributed by atoms with Gasteiger partial charge in [0.2, 0.25) is 5.91 Å². The predicted molar refractivity (Wildman–Crippen MR) is 68.5 cm³/mol. The summed E-state index contributed by atoms with van der Waals surface area (Å²) in [6, 6.07) is 0. The van der Waals surface area contributed by atoms with E-state index in [1.165, 1.54) is 18.1 Å². The number of nitrogens with zero attached hydrogens (tertiary/aromatic N) is 3. The molecule has 0 aliphatic rings. The van der Waals surface area contributed by atoms with Gasteiger partial charge in [-0.1, -0.05) is 13.8 Å². The number of thioether (sulfide) groups is 1. The normalized spacial score (nSPS) is 14.4. The lowest BCUT2D eigenvalue weighted by molar-refractivity contribution is -0.124. The van der Waals surface area contributed by atoms with E-state index < -0.39 is 0 Å². The Morgan fingerprint density at radius 1 is 1.44 bits per heavy atom. The van der Waals surface area contributed by atoms with Crippen molar-refractivity contribution in [1.82, 2.24) is 25.4 Å². The average molecular weight is 266 g/mol. The quantitative estimate of drug-likeness (QED) is 0.244. The number of hydrogen-bond acceptors (Lipinski definition) is 6. The number of rotatable bonds is 4. The molecule has 0 fully saturated rings. The Morgan fingerprint density at radius 3 is 2.94 bits per heavy atom. The highest BCUT2D eigenvalue weighted by molar-refractivity contribution is 8.00. The molecule has 0 radical (unpaired) electrons. The van der Waals surface area contributed by atoms with Crippen molar-refractivity contribution in [3.05, 3.63) is 12.7 Å². The summed E-state index contributed by atoms with van der Waals surface area (Å²) in [6.07, 6.45) is 3.04. The molecule has 0 aliphatic heterocycles. The number of carbonyl (C=O) groups excluding carboxylic acids is 1. The highest BCUT2D eigenvalue weighted by Crippen LogP contribution is 2.29. The van der Waals surface area contributed by atoms with E-state index in [0.29, 0.717) is 5.65 Å². The monoisotopic (exact) mass is 266 g/mol. The smallest absolute Gasteiger partial charge is 0.237 e. The molecule has 2 unspecified atom stereocenters. The summed E-state index contributed by atoms with van der Waals surface area (Å²) in [5.41, 5.74) is 3.57. The summed E-state index contributed by atoms with van der Waals surface area (Å²) in [7, 11) is 0. The Kier molecular flexibility index (Phi) is 3.78. The first kappa shape index (κ1) is 12.8. The van der Waals surface area contributed by atoms with Crippen LogP contribution in [0.4, 0.5) is 0 Å². The number of nitrogens with two attached hydrogens (primary N) is 1. The molecular weight excluding hydrogens is 252 g/mol. The maximum Gasteiger partial charge on any atom is 0.237 e. The molecule has 0 aromatic carbocycles. The van der Waals surface area contributed by atoms with Gasteiger partial charge >= 0.3 is 0 Å². The van der Waals surface area contributed by atoms with Gasteiger partial charge in [-0.15, -0.1) is 11.8 Å². The second kappa shape index (κ2) is 5.32. The van der Waals surface area contributed by atoms with E-state index in [4.69, 9.17) is 5.84 Å². The maximum absolute atomic E-state index is 11.5. The highest BCUT2D eigenvalue weighted by atomic mass is 32.2. The van der Waals surface area contributed by atoms with Crippen molar-refractivity contribution in [2.24, 2.45) is 11.8 Å². The lowest BCUT2D eigenvalue weighted by Gasteiger charge is -2.17. The van der Waals surface area contributed by atoms with Gasteiger partial charge in [-0.25, -0.2) is 20.8 Å². The molecule has 2 rings (SSSR count). The molecule has 96 valence electrons.